The zero-order valence-corrected chi connectivity index (χ0v) is 19.4. The van der Waals surface area contributed by atoms with Crippen molar-refractivity contribution in [2.24, 2.45) is 0 Å². The van der Waals surface area contributed by atoms with Crippen LogP contribution in [-0.2, 0) is 9.59 Å². The highest BCUT2D eigenvalue weighted by atomic mass is 32.1. The Kier molecular flexibility index (Phi) is 7.20. The first-order valence-corrected chi connectivity index (χ1v) is 11.0. The average Bonchev–Trinajstić information content (AvgIpc) is 3.15. The highest BCUT2D eigenvalue weighted by Crippen LogP contribution is 2.26. The minimum atomic E-state index is -0.206. The summed E-state index contributed by atoms with van der Waals surface area (Å²) >= 11 is 1.39. The van der Waals surface area contributed by atoms with Gasteiger partial charge in [-0.15, -0.1) is 11.3 Å². The SMILES string of the molecule is Cc1ccc(-c2csc(NC(=O)CN(C)CC(=O)Nc3cccc(C)c3C)n2)cc1C. The van der Waals surface area contributed by atoms with Gasteiger partial charge in [0.05, 0.1) is 18.8 Å². The number of benzene rings is 2. The van der Waals surface area contributed by atoms with E-state index in [2.05, 4.69) is 41.6 Å². The molecule has 0 saturated heterocycles. The summed E-state index contributed by atoms with van der Waals surface area (Å²) in [5.74, 6) is -0.363. The molecule has 2 aromatic carbocycles. The molecule has 0 saturated carbocycles. The second-order valence-corrected chi connectivity index (χ2v) is 8.71. The summed E-state index contributed by atoms with van der Waals surface area (Å²) in [5, 5.41) is 8.22. The number of thiazole rings is 1. The number of nitrogens with one attached hydrogen (secondary N) is 2. The van der Waals surface area contributed by atoms with Crippen molar-refractivity contribution in [3.05, 3.63) is 64.0 Å². The molecule has 0 bridgehead atoms. The highest BCUT2D eigenvalue weighted by molar-refractivity contribution is 7.14. The Morgan fingerprint density at radius 3 is 2.35 bits per heavy atom. The molecule has 0 radical (unpaired) electrons. The van der Waals surface area contributed by atoms with E-state index in [-0.39, 0.29) is 24.9 Å². The second kappa shape index (κ2) is 9.85. The third-order valence-electron chi connectivity index (χ3n) is 5.26. The maximum Gasteiger partial charge on any atom is 0.240 e. The van der Waals surface area contributed by atoms with Crippen molar-refractivity contribution in [3.8, 4) is 11.3 Å². The lowest BCUT2D eigenvalue weighted by Gasteiger charge is -2.16. The van der Waals surface area contributed by atoms with Gasteiger partial charge in [-0.3, -0.25) is 14.5 Å². The zero-order chi connectivity index (χ0) is 22.5. The topological polar surface area (TPSA) is 74.3 Å². The van der Waals surface area contributed by atoms with Crippen molar-refractivity contribution in [1.82, 2.24) is 9.88 Å². The molecular weight excluding hydrogens is 408 g/mol. The third kappa shape index (κ3) is 5.99. The minimum absolute atomic E-state index is 0.0960. The van der Waals surface area contributed by atoms with E-state index in [1.165, 1.54) is 22.5 Å². The van der Waals surface area contributed by atoms with Crippen molar-refractivity contribution in [2.75, 3.05) is 30.8 Å². The quantitative estimate of drug-likeness (QED) is 0.570. The average molecular weight is 437 g/mol. The van der Waals surface area contributed by atoms with Crippen LogP contribution in [0.2, 0.25) is 0 Å². The number of hydrogen-bond acceptors (Lipinski definition) is 5. The van der Waals surface area contributed by atoms with E-state index < -0.39 is 0 Å². The van der Waals surface area contributed by atoms with Gasteiger partial charge in [0, 0.05) is 16.6 Å². The molecule has 0 aliphatic rings. The maximum absolute atomic E-state index is 12.4. The molecule has 1 aromatic heterocycles. The molecule has 2 amide bonds. The van der Waals surface area contributed by atoms with E-state index in [0.717, 1.165) is 28.1 Å². The summed E-state index contributed by atoms with van der Waals surface area (Å²) < 4.78 is 0. The predicted octanol–water partition coefficient (Wildman–Crippen LogP) is 4.55. The van der Waals surface area contributed by atoms with Crippen LogP contribution in [0, 0.1) is 27.7 Å². The molecule has 2 N–H and O–H groups in total. The van der Waals surface area contributed by atoms with Crippen molar-refractivity contribution in [3.63, 3.8) is 0 Å². The molecular formula is C24H28N4O2S. The number of amides is 2. The van der Waals surface area contributed by atoms with Gasteiger partial charge in [-0.25, -0.2) is 4.98 Å². The number of carbonyl (C=O) groups is 2. The molecule has 162 valence electrons. The van der Waals surface area contributed by atoms with Gasteiger partial charge in [-0.1, -0.05) is 24.3 Å². The van der Waals surface area contributed by atoms with Gasteiger partial charge < -0.3 is 10.6 Å². The monoisotopic (exact) mass is 436 g/mol. The summed E-state index contributed by atoms with van der Waals surface area (Å²) in [6, 6.07) is 12.0. The fourth-order valence-corrected chi connectivity index (χ4v) is 3.88. The van der Waals surface area contributed by atoms with Crippen LogP contribution in [0.5, 0.6) is 0 Å². The number of hydrogen-bond donors (Lipinski definition) is 2. The Balaban J connectivity index is 1.52. The number of likely N-dealkylation sites (N-methyl/N-ethyl adjacent to an activating group) is 1. The predicted molar refractivity (Wildman–Crippen MR) is 128 cm³/mol. The molecule has 3 rings (SSSR count). The van der Waals surface area contributed by atoms with Crippen molar-refractivity contribution >= 4 is 34.0 Å². The van der Waals surface area contributed by atoms with Gasteiger partial charge >= 0.3 is 0 Å². The normalized spacial score (nSPS) is 10.9. The van der Waals surface area contributed by atoms with Crippen LogP contribution >= 0.6 is 11.3 Å². The van der Waals surface area contributed by atoms with Crippen molar-refractivity contribution in [1.29, 1.82) is 0 Å². The molecule has 6 nitrogen and oxygen atoms in total. The first-order chi connectivity index (χ1) is 14.7. The summed E-state index contributed by atoms with van der Waals surface area (Å²) in [6.07, 6.45) is 0. The summed E-state index contributed by atoms with van der Waals surface area (Å²) in [6.45, 7) is 8.34. The molecule has 0 spiro atoms. The highest BCUT2D eigenvalue weighted by Gasteiger charge is 2.14. The van der Waals surface area contributed by atoms with Crippen LogP contribution in [0.4, 0.5) is 10.8 Å². The van der Waals surface area contributed by atoms with Crippen LogP contribution in [0.3, 0.4) is 0 Å². The Morgan fingerprint density at radius 1 is 0.935 bits per heavy atom. The zero-order valence-electron chi connectivity index (χ0n) is 18.6. The Morgan fingerprint density at radius 2 is 1.65 bits per heavy atom. The molecule has 0 aliphatic carbocycles. The Labute approximate surface area is 187 Å². The van der Waals surface area contributed by atoms with E-state index in [9.17, 15) is 9.59 Å². The summed E-state index contributed by atoms with van der Waals surface area (Å²) in [4.78, 5) is 30.9. The fourth-order valence-electron chi connectivity index (χ4n) is 3.15. The van der Waals surface area contributed by atoms with E-state index in [1.54, 1.807) is 11.9 Å². The lowest BCUT2D eigenvalue weighted by molar-refractivity contribution is -0.119. The Hall–Kier alpha value is -3.03. The van der Waals surface area contributed by atoms with Crippen molar-refractivity contribution in [2.45, 2.75) is 27.7 Å². The van der Waals surface area contributed by atoms with Crippen LogP contribution < -0.4 is 10.6 Å². The van der Waals surface area contributed by atoms with Gasteiger partial charge in [0.1, 0.15) is 0 Å². The smallest absolute Gasteiger partial charge is 0.240 e. The van der Waals surface area contributed by atoms with Gasteiger partial charge in [-0.2, -0.15) is 0 Å². The molecule has 3 aromatic rings. The largest absolute Gasteiger partial charge is 0.325 e. The van der Waals surface area contributed by atoms with Crippen LogP contribution in [-0.4, -0.2) is 41.8 Å². The number of aromatic nitrogens is 1. The number of aryl methyl sites for hydroxylation is 3. The molecule has 0 unspecified atom stereocenters. The maximum atomic E-state index is 12.4. The number of anilines is 2. The summed E-state index contributed by atoms with van der Waals surface area (Å²) in [7, 11) is 1.74. The first kappa shape index (κ1) is 22.7. The molecule has 0 fully saturated rings. The van der Waals surface area contributed by atoms with Crippen LogP contribution in [0.25, 0.3) is 11.3 Å². The van der Waals surface area contributed by atoms with Crippen LogP contribution in [0.1, 0.15) is 22.3 Å². The van der Waals surface area contributed by atoms with E-state index in [0.29, 0.717) is 5.13 Å². The van der Waals surface area contributed by atoms with E-state index in [1.807, 2.05) is 43.5 Å². The first-order valence-electron chi connectivity index (χ1n) is 10.1. The number of rotatable bonds is 7. The molecule has 31 heavy (non-hydrogen) atoms. The number of nitrogens with zero attached hydrogens (tertiary/aromatic N) is 2. The lowest BCUT2D eigenvalue weighted by Crippen LogP contribution is -2.36. The number of carbonyl (C=O) groups excluding carboxylic acids is 2. The van der Waals surface area contributed by atoms with Crippen molar-refractivity contribution < 1.29 is 9.59 Å². The third-order valence-corrected chi connectivity index (χ3v) is 6.02. The molecule has 1 heterocycles. The standard InChI is InChI=1S/C24H28N4O2S/c1-15-9-10-19(11-17(15)3)21-14-31-24(26-21)27-23(30)13-28(5)12-22(29)25-20-8-6-7-16(2)18(20)4/h6-11,14H,12-13H2,1-5H3,(H,25,29)(H,26,27,30). The summed E-state index contributed by atoms with van der Waals surface area (Å²) in [5.41, 5.74) is 7.26. The van der Waals surface area contributed by atoms with E-state index >= 15 is 0 Å². The van der Waals surface area contributed by atoms with Gasteiger partial charge in [0.25, 0.3) is 0 Å². The van der Waals surface area contributed by atoms with Gasteiger partial charge in [0.15, 0.2) is 5.13 Å². The fraction of sp³-hybridized carbons (Fsp3) is 0.292. The Bertz CT molecular complexity index is 1110. The lowest BCUT2D eigenvalue weighted by atomic mass is 10.1. The molecule has 0 atom stereocenters. The van der Waals surface area contributed by atoms with Gasteiger partial charge in [-0.05, 0) is 69.1 Å². The van der Waals surface area contributed by atoms with E-state index in [4.69, 9.17) is 0 Å². The minimum Gasteiger partial charge on any atom is -0.325 e. The van der Waals surface area contributed by atoms with Crippen LogP contribution in [0.15, 0.2) is 41.8 Å². The van der Waals surface area contributed by atoms with Gasteiger partial charge in [0.2, 0.25) is 11.8 Å². The molecule has 0 aliphatic heterocycles. The molecule has 7 heteroatoms. The second-order valence-electron chi connectivity index (χ2n) is 7.85.